The van der Waals surface area contributed by atoms with Crippen LogP contribution in [-0.2, 0) is 17.5 Å². The second-order valence-corrected chi connectivity index (χ2v) is 7.64. The van der Waals surface area contributed by atoms with Gasteiger partial charge in [0.05, 0.1) is 5.56 Å². The lowest BCUT2D eigenvalue weighted by atomic mass is 9.95. The minimum atomic E-state index is -4.46. The van der Waals surface area contributed by atoms with E-state index in [9.17, 15) is 18.0 Å². The molecule has 28 heavy (non-hydrogen) atoms. The summed E-state index contributed by atoms with van der Waals surface area (Å²) in [4.78, 5) is 11.9. The molecule has 0 aliphatic carbocycles. The molecule has 0 aliphatic rings. The minimum absolute atomic E-state index is 0.0391. The van der Waals surface area contributed by atoms with Crippen LogP contribution in [0.15, 0.2) is 42.5 Å². The number of nitrogens with two attached hydrogens (primary N) is 1. The van der Waals surface area contributed by atoms with Crippen LogP contribution in [0.2, 0.25) is 0 Å². The lowest BCUT2D eigenvalue weighted by Crippen LogP contribution is -2.32. The molecule has 1 atom stereocenters. The average molecular weight is 394 g/mol. The molecule has 4 nitrogen and oxygen atoms in total. The molecule has 0 saturated carbocycles. The van der Waals surface area contributed by atoms with Crippen LogP contribution < -0.4 is 11.1 Å². The predicted molar refractivity (Wildman–Crippen MR) is 103 cm³/mol. The van der Waals surface area contributed by atoms with Gasteiger partial charge in [-0.1, -0.05) is 30.3 Å². The van der Waals surface area contributed by atoms with E-state index in [1.807, 2.05) is 6.92 Å². The molecule has 0 aliphatic heterocycles. The van der Waals surface area contributed by atoms with E-state index in [-0.39, 0.29) is 12.6 Å². The fourth-order valence-electron chi connectivity index (χ4n) is 2.62. The van der Waals surface area contributed by atoms with Gasteiger partial charge in [0.1, 0.15) is 5.60 Å². The van der Waals surface area contributed by atoms with Gasteiger partial charge in [0.2, 0.25) is 0 Å². The molecule has 0 aromatic heterocycles. The molecule has 0 spiro atoms. The number of alkyl carbamates (subject to hydrolysis) is 1. The van der Waals surface area contributed by atoms with E-state index >= 15 is 0 Å². The summed E-state index contributed by atoms with van der Waals surface area (Å²) < 4.78 is 44.7. The highest BCUT2D eigenvalue weighted by atomic mass is 19.4. The van der Waals surface area contributed by atoms with E-state index in [0.717, 1.165) is 17.7 Å². The van der Waals surface area contributed by atoms with E-state index < -0.39 is 23.4 Å². The first-order valence-electron chi connectivity index (χ1n) is 8.90. The fourth-order valence-corrected chi connectivity index (χ4v) is 2.62. The number of amides is 1. The van der Waals surface area contributed by atoms with Gasteiger partial charge in [-0.05, 0) is 62.1 Å². The molecule has 1 amide bonds. The third-order valence-electron chi connectivity index (χ3n) is 4.01. The van der Waals surface area contributed by atoms with Gasteiger partial charge in [-0.25, -0.2) is 4.79 Å². The van der Waals surface area contributed by atoms with Crippen molar-refractivity contribution in [1.29, 1.82) is 0 Å². The average Bonchev–Trinajstić information content (AvgIpc) is 2.57. The Kier molecular flexibility index (Phi) is 6.39. The van der Waals surface area contributed by atoms with Crippen molar-refractivity contribution in [2.45, 2.75) is 52.1 Å². The normalized spacial score (nSPS) is 13.1. The molecule has 0 fully saturated rings. The molecule has 152 valence electrons. The van der Waals surface area contributed by atoms with Crippen LogP contribution in [0.4, 0.5) is 18.0 Å². The molecule has 0 radical (unpaired) electrons. The number of rotatable bonds is 4. The summed E-state index contributed by atoms with van der Waals surface area (Å²) in [5.74, 6) is 0. The van der Waals surface area contributed by atoms with Gasteiger partial charge in [-0.15, -0.1) is 0 Å². The fraction of sp³-hybridized carbons (Fsp3) is 0.381. The maximum absolute atomic E-state index is 13.2. The van der Waals surface area contributed by atoms with Crippen LogP contribution in [0, 0.1) is 0 Å². The Morgan fingerprint density at radius 2 is 1.71 bits per heavy atom. The Morgan fingerprint density at radius 3 is 2.21 bits per heavy atom. The summed E-state index contributed by atoms with van der Waals surface area (Å²) in [5, 5.41) is 2.59. The van der Waals surface area contributed by atoms with Gasteiger partial charge in [0.25, 0.3) is 0 Å². The van der Waals surface area contributed by atoms with Crippen molar-refractivity contribution in [3.05, 3.63) is 59.2 Å². The van der Waals surface area contributed by atoms with Gasteiger partial charge in [-0.2, -0.15) is 13.2 Å². The van der Waals surface area contributed by atoms with E-state index in [2.05, 4.69) is 5.32 Å². The van der Waals surface area contributed by atoms with Crippen LogP contribution in [0.5, 0.6) is 0 Å². The topological polar surface area (TPSA) is 64.3 Å². The summed E-state index contributed by atoms with van der Waals surface area (Å²) in [5.41, 5.74) is 6.85. The first-order chi connectivity index (χ1) is 12.9. The number of halogens is 3. The third kappa shape index (κ3) is 5.99. The number of alkyl halides is 3. The highest BCUT2D eigenvalue weighted by Gasteiger charge is 2.31. The summed E-state index contributed by atoms with van der Waals surface area (Å²) >= 11 is 0. The molecule has 2 aromatic rings. The van der Waals surface area contributed by atoms with Crippen molar-refractivity contribution in [2.24, 2.45) is 5.73 Å². The maximum Gasteiger partial charge on any atom is 0.416 e. The van der Waals surface area contributed by atoms with Crippen molar-refractivity contribution in [1.82, 2.24) is 5.32 Å². The van der Waals surface area contributed by atoms with Crippen LogP contribution in [0.1, 0.15) is 50.4 Å². The number of carbonyl (C=O) groups excluding carboxylic acids is 1. The Hall–Kier alpha value is -2.54. The van der Waals surface area contributed by atoms with Crippen LogP contribution in [0.3, 0.4) is 0 Å². The molecule has 0 unspecified atom stereocenters. The molecule has 7 heteroatoms. The highest BCUT2D eigenvalue weighted by molar-refractivity contribution is 5.71. The Labute approximate surface area is 162 Å². The lowest BCUT2D eigenvalue weighted by Gasteiger charge is -2.20. The zero-order valence-electron chi connectivity index (χ0n) is 16.4. The molecule has 0 bridgehead atoms. The van der Waals surface area contributed by atoms with Gasteiger partial charge in [-0.3, -0.25) is 0 Å². The van der Waals surface area contributed by atoms with Crippen molar-refractivity contribution < 1.29 is 22.7 Å². The zero-order valence-corrected chi connectivity index (χ0v) is 16.4. The summed E-state index contributed by atoms with van der Waals surface area (Å²) in [6.45, 7) is 7.06. The van der Waals surface area contributed by atoms with E-state index in [0.29, 0.717) is 16.7 Å². The summed E-state index contributed by atoms with van der Waals surface area (Å²) in [6, 6.07) is 10.3. The van der Waals surface area contributed by atoms with Crippen molar-refractivity contribution >= 4 is 6.09 Å². The molecule has 2 rings (SSSR count). The first-order valence-corrected chi connectivity index (χ1v) is 8.90. The van der Waals surface area contributed by atoms with Gasteiger partial charge in [0, 0.05) is 12.6 Å². The first kappa shape index (κ1) is 21.8. The standard InChI is InChI=1S/C21H25F3N2O2/c1-13(25)14-5-7-15(8-6-14)18-11-17(21(22,23)24)10-9-16(18)12-26-19(27)28-20(2,3)4/h5-11,13H,12,25H2,1-4H3,(H,26,27)/t13-/m1/s1. The molecule has 0 heterocycles. The quantitative estimate of drug-likeness (QED) is 0.728. The molecular weight excluding hydrogens is 369 g/mol. The molecule has 0 saturated heterocycles. The minimum Gasteiger partial charge on any atom is -0.444 e. The number of hydrogen-bond acceptors (Lipinski definition) is 3. The smallest absolute Gasteiger partial charge is 0.416 e. The van der Waals surface area contributed by atoms with E-state index in [1.165, 1.54) is 6.07 Å². The Bertz CT molecular complexity index is 823. The second-order valence-electron chi connectivity index (χ2n) is 7.64. The second kappa shape index (κ2) is 8.22. The zero-order chi connectivity index (χ0) is 21.1. The van der Waals surface area contributed by atoms with Crippen LogP contribution in [-0.4, -0.2) is 11.7 Å². The molecule has 2 aromatic carbocycles. The van der Waals surface area contributed by atoms with Crippen LogP contribution >= 0.6 is 0 Å². The van der Waals surface area contributed by atoms with Crippen molar-refractivity contribution in [3.8, 4) is 11.1 Å². The maximum atomic E-state index is 13.2. The predicted octanol–water partition coefficient (Wildman–Crippen LogP) is 5.42. The van der Waals surface area contributed by atoms with Gasteiger partial charge < -0.3 is 15.8 Å². The molecule has 3 N–H and O–H groups in total. The van der Waals surface area contributed by atoms with E-state index in [4.69, 9.17) is 10.5 Å². The molecular formula is C21H25F3N2O2. The number of nitrogens with one attached hydrogen (secondary N) is 1. The third-order valence-corrected chi connectivity index (χ3v) is 4.01. The number of carbonyl (C=O) groups is 1. The summed E-state index contributed by atoms with van der Waals surface area (Å²) in [6.07, 6.45) is -5.09. The number of hydrogen-bond donors (Lipinski definition) is 2. The largest absolute Gasteiger partial charge is 0.444 e. The summed E-state index contributed by atoms with van der Waals surface area (Å²) in [7, 11) is 0. The number of benzene rings is 2. The van der Waals surface area contributed by atoms with Gasteiger partial charge >= 0.3 is 12.3 Å². The number of ether oxygens (including phenoxy) is 1. The SMILES string of the molecule is C[C@@H](N)c1ccc(-c2cc(C(F)(F)F)ccc2CNC(=O)OC(C)(C)C)cc1. The monoisotopic (exact) mass is 394 g/mol. The van der Waals surface area contributed by atoms with Crippen molar-refractivity contribution in [2.75, 3.05) is 0 Å². The Balaban J connectivity index is 2.35. The highest BCUT2D eigenvalue weighted by Crippen LogP contribution is 2.34. The Morgan fingerprint density at radius 1 is 1.11 bits per heavy atom. The van der Waals surface area contributed by atoms with Crippen LogP contribution in [0.25, 0.3) is 11.1 Å². The van der Waals surface area contributed by atoms with E-state index in [1.54, 1.807) is 45.0 Å². The lowest BCUT2D eigenvalue weighted by molar-refractivity contribution is -0.137. The van der Waals surface area contributed by atoms with Crippen molar-refractivity contribution in [3.63, 3.8) is 0 Å². The van der Waals surface area contributed by atoms with Gasteiger partial charge in [0.15, 0.2) is 0 Å².